The number of nitrogens with one attached hydrogen (secondary N) is 1. The summed E-state index contributed by atoms with van der Waals surface area (Å²) in [4.78, 5) is 20.9. The number of pyridine rings is 1. The van der Waals surface area contributed by atoms with E-state index in [9.17, 15) is 4.79 Å². The maximum absolute atomic E-state index is 12.9. The van der Waals surface area contributed by atoms with E-state index in [0.717, 1.165) is 29.3 Å². The molecular formula is C24H28N4O2. The maximum Gasteiger partial charge on any atom is 0.322 e. The molecule has 1 N–H and O–H groups in total. The fourth-order valence-electron chi connectivity index (χ4n) is 2.84. The molecule has 3 aromatic rings. The first-order valence-corrected chi connectivity index (χ1v) is 9.94. The number of ether oxygens (including phenoxy) is 1. The van der Waals surface area contributed by atoms with Crippen molar-refractivity contribution in [2.24, 2.45) is 0 Å². The molecule has 0 saturated carbocycles. The third-order valence-electron chi connectivity index (χ3n) is 4.56. The van der Waals surface area contributed by atoms with Gasteiger partial charge in [0.25, 0.3) is 0 Å². The third kappa shape index (κ3) is 6.60. The molecule has 0 atom stereocenters. The molecule has 3 rings (SSSR count). The van der Waals surface area contributed by atoms with Crippen molar-refractivity contribution in [3.63, 3.8) is 0 Å². The van der Waals surface area contributed by atoms with Crippen LogP contribution >= 0.6 is 0 Å². The Kier molecular flexibility index (Phi) is 7.40. The molecule has 156 valence electrons. The molecule has 2 aromatic carbocycles. The zero-order valence-electron chi connectivity index (χ0n) is 17.7. The number of aromatic nitrogens is 1. The number of urea groups is 1. The van der Waals surface area contributed by atoms with Gasteiger partial charge in [-0.3, -0.25) is 4.98 Å². The van der Waals surface area contributed by atoms with Gasteiger partial charge in [-0.1, -0.05) is 23.8 Å². The van der Waals surface area contributed by atoms with Gasteiger partial charge in [0.1, 0.15) is 11.5 Å². The van der Waals surface area contributed by atoms with E-state index >= 15 is 0 Å². The van der Waals surface area contributed by atoms with Gasteiger partial charge in [-0.05, 0) is 69.0 Å². The van der Waals surface area contributed by atoms with E-state index in [-0.39, 0.29) is 6.03 Å². The molecule has 0 aliphatic rings. The number of carbonyl (C=O) groups excluding carboxylic acids is 1. The molecule has 0 aliphatic heterocycles. The SMILES string of the molecule is Cc1ccc(Oc2ccc(NC(=O)N(CCN(C)C)Cc3cccnc3)cc2)cc1. The normalized spacial score (nSPS) is 10.7. The fourth-order valence-corrected chi connectivity index (χ4v) is 2.84. The van der Waals surface area contributed by atoms with Crippen molar-refractivity contribution in [2.45, 2.75) is 13.5 Å². The fraction of sp³-hybridized carbons (Fsp3) is 0.250. The van der Waals surface area contributed by atoms with Gasteiger partial charge in [0, 0.05) is 37.7 Å². The van der Waals surface area contributed by atoms with Crippen LogP contribution in [0, 0.1) is 6.92 Å². The van der Waals surface area contributed by atoms with E-state index in [2.05, 4.69) is 15.2 Å². The summed E-state index contributed by atoms with van der Waals surface area (Å²) >= 11 is 0. The van der Waals surface area contributed by atoms with E-state index in [4.69, 9.17) is 4.74 Å². The minimum absolute atomic E-state index is 0.145. The van der Waals surface area contributed by atoms with Crippen molar-refractivity contribution >= 4 is 11.7 Å². The predicted molar refractivity (Wildman–Crippen MR) is 120 cm³/mol. The number of nitrogens with zero attached hydrogens (tertiary/aromatic N) is 3. The summed E-state index contributed by atoms with van der Waals surface area (Å²) in [5, 5.41) is 2.98. The Balaban J connectivity index is 1.62. The van der Waals surface area contributed by atoms with E-state index in [0.29, 0.717) is 13.1 Å². The molecule has 6 nitrogen and oxygen atoms in total. The van der Waals surface area contributed by atoms with Crippen molar-refractivity contribution in [2.75, 3.05) is 32.5 Å². The number of amides is 2. The van der Waals surface area contributed by atoms with Gasteiger partial charge in [-0.15, -0.1) is 0 Å². The van der Waals surface area contributed by atoms with Crippen LogP contribution in [0.2, 0.25) is 0 Å². The highest BCUT2D eigenvalue weighted by atomic mass is 16.5. The van der Waals surface area contributed by atoms with Crippen LogP contribution < -0.4 is 10.1 Å². The first-order chi connectivity index (χ1) is 14.5. The average Bonchev–Trinajstić information content (AvgIpc) is 2.74. The summed E-state index contributed by atoms with van der Waals surface area (Å²) in [5.41, 5.74) is 2.90. The number of likely N-dealkylation sites (N-methyl/N-ethyl adjacent to an activating group) is 1. The Morgan fingerprint density at radius 1 is 0.967 bits per heavy atom. The zero-order chi connectivity index (χ0) is 21.3. The van der Waals surface area contributed by atoms with Crippen LogP contribution in [0.5, 0.6) is 11.5 Å². The Hall–Kier alpha value is -3.38. The molecular weight excluding hydrogens is 376 g/mol. The number of benzene rings is 2. The highest BCUT2D eigenvalue weighted by Crippen LogP contribution is 2.23. The molecule has 6 heteroatoms. The topological polar surface area (TPSA) is 57.7 Å². The first-order valence-electron chi connectivity index (χ1n) is 9.94. The van der Waals surface area contributed by atoms with E-state index in [1.165, 1.54) is 5.56 Å². The molecule has 2 amide bonds. The second kappa shape index (κ2) is 10.4. The molecule has 30 heavy (non-hydrogen) atoms. The monoisotopic (exact) mass is 404 g/mol. The van der Waals surface area contributed by atoms with Gasteiger partial charge in [0.2, 0.25) is 0 Å². The van der Waals surface area contributed by atoms with Crippen LogP contribution in [0.1, 0.15) is 11.1 Å². The predicted octanol–water partition coefficient (Wildman–Crippen LogP) is 4.78. The molecule has 0 bridgehead atoms. The Labute approximate surface area is 178 Å². The van der Waals surface area contributed by atoms with Gasteiger partial charge in [0.05, 0.1) is 0 Å². The molecule has 0 radical (unpaired) electrons. The van der Waals surface area contributed by atoms with Gasteiger partial charge in [-0.2, -0.15) is 0 Å². The van der Waals surface area contributed by atoms with Crippen LogP contribution in [-0.2, 0) is 6.54 Å². The minimum Gasteiger partial charge on any atom is -0.457 e. The highest BCUT2D eigenvalue weighted by Gasteiger charge is 2.15. The minimum atomic E-state index is -0.145. The average molecular weight is 405 g/mol. The lowest BCUT2D eigenvalue weighted by molar-refractivity contribution is 0.202. The molecule has 1 aromatic heterocycles. The Morgan fingerprint density at radius 2 is 1.63 bits per heavy atom. The molecule has 0 spiro atoms. The van der Waals surface area contributed by atoms with Crippen molar-refractivity contribution in [3.05, 3.63) is 84.2 Å². The van der Waals surface area contributed by atoms with Gasteiger partial charge in [0.15, 0.2) is 0 Å². The molecule has 0 unspecified atom stereocenters. The number of carbonyl (C=O) groups is 1. The van der Waals surface area contributed by atoms with E-state index < -0.39 is 0 Å². The van der Waals surface area contributed by atoms with Crippen molar-refractivity contribution in [3.8, 4) is 11.5 Å². The number of rotatable bonds is 8. The smallest absolute Gasteiger partial charge is 0.322 e. The standard InChI is InChI=1S/C24H28N4O2/c1-19-6-10-22(11-7-19)30-23-12-8-21(9-13-23)26-24(29)28(16-15-27(2)3)18-20-5-4-14-25-17-20/h4-14,17H,15-16,18H2,1-3H3,(H,26,29). The van der Waals surface area contributed by atoms with Crippen molar-refractivity contribution in [1.29, 1.82) is 0 Å². The zero-order valence-corrected chi connectivity index (χ0v) is 17.7. The summed E-state index contributed by atoms with van der Waals surface area (Å²) < 4.78 is 5.85. The molecule has 1 heterocycles. The number of hydrogen-bond acceptors (Lipinski definition) is 4. The van der Waals surface area contributed by atoms with Crippen LogP contribution in [0.25, 0.3) is 0 Å². The number of anilines is 1. The number of hydrogen-bond donors (Lipinski definition) is 1. The van der Waals surface area contributed by atoms with Crippen molar-refractivity contribution in [1.82, 2.24) is 14.8 Å². The van der Waals surface area contributed by atoms with Crippen molar-refractivity contribution < 1.29 is 9.53 Å². The summed E-state index contributed by atoms with van der Waals surface area (Å²) in [6.45, 7) is 3.93. The van der Waals surface area contributed by atoms with Gasteiger partial charge in [-0.25, -0.2) is 4.79 Å². The summed E-state index contributed by atoms with van der Waals surface area (Å²) in [6, 6.07) is 19.0. The Morgan fingerprint density at radius 3 is 2.23 bits per heavy atom. The lowest BCUT2D eigenvalue weighted by Crippen LogP contribution is -2.39. The number of aryl methyl sites for hydroxylation is 1. The summed E-state index contributed by atoms with van der Waals surface area (Å²) in [6.07, 6.45) is 3.51. The second-order valence-electron chi connectivity index (χ2n) is 7.46. The highest BCUT2D eigenvalue weighted by molar-refractivity contribution is 5.89. The van der Waals surface area contributed by atoms with Crippen LogP contribution in [0.4, 0.5) is 10.5 Å². The largest absolute Gasteiger partial charge is 0.457 e. The summed E-state index contributed by atoms with van der Waals surface area (Å²) in [7, 11) is 3.99. The molecule has 0 aliphatic carbocycles. The maximum atomic E-state index is 12.9. The molecule has 0 fully saturated rings. The van der Waals surface area contributed by atoms with E-state index in [1.54, 1.807) is 17.3 Å². The summed E-state index contributed by atoms with van der Waals surface area (Å²) in [5.74, 6) is 1.50. The lowest BCUT2D eigenvalue weighted by atomic mass is 10.2. The van der Waals surface area contributed by atoms with Crippen LogP contribution in [0.15, 0.2) is 73.1 Å². The third-order valence-corrected chi connectivity index (χ3v) is 4.56. The van der Waals surface area contributed by atoms with Crippen LogP contribution in [-0.4, -0.2) is 48.0 Å². The quantitative estimate of drug-likeness (QED) is 0.587. The second-order valence-corrected chi connectivity index (χ2v) is 7.46. The Bertz CT molecular complexity index is 926. The molecule has 0 saturated heterocycles. The van der Waals surface area contributed by atoms with Gasteiger partial charge < -0.3 is 19.9 Å². The first kappa shape index (κ1) is 21.3. The van der Waals surface area contributed by atoms with Crippen LogP contribution in [0.3, 0.4) is 0 Å². The van der Waals surface area contributed by atoms with Gasteiger partial charge >= 0.3 is 6.03 Å². The lowest BCUT2D eigenvalue weighted by Gasteiger charge is -2.25. The van der Waals surface area contributed by atoms with E-state index in [1.807, 2.05) is 81.7 Å².